The molecule has 2 aliphatic heterocycles. The molecular weight excluding hydrogens is 308 g/mol. The third kappa shape index (κ3) is 3.05. The number of hydrogen-bond donors (Lipinski definition) is 2. The maximum atomic E-state index is 12.8. The Balaban J connectivity index is 1.77. The summed E-state index contributed by atoms with van der Waals surface area (Å²) in [6, 6.07) is 6.87. The highest BCUT2D eigenvalue weighted by molar-refractivity contribution is 6.22. The van der Waals surface area contributed by atoms with Crippen LogP contribution < -0.4 is 16.2 Å². The lowest BCUT2D eigenvalue weighted by atomic mass is 9.95. The molecular formula is C17H22N4O3. The summed E-state index contributed by atoms with van der Waals surface area (Å²) in [6.45, 7) is 3.08. The summed E-state index contributed by atoms with van der Waals surface area (Å²) in [4.78, 5) is 40.2. The number of likely N-dealkylation sites (tertiary alicyclic amines) is 1. The van der Waals surface area contributed by atoms with Crippen LogP contribution in [0.15, 0.2) is 24.3 Å². The van der Waals surface area contributed by atoms with Gasteiger partial charge in [-0.2, -0.15) is 0 Å². The van der Waals surface area contributed by atoms with Crippen LogP contribution in [0, 0.1) is 12.8 Å². The molecule has 3 N–H and O–H groups in total. The molecule has 3 amide bonds. The van der Waals surface area contributed by atoms with E-state index in [2.05, 4.69) is 5.43 Å². The van der Waals surface area contributed by atoms with E-state index in [9.17, 15) is 14.4 Å². The van der Waals surface area contributed by atoms with Crippen LogP contribution in [-0.4, -0.2) is 41.8 Å². The molecule has 2 aliphatic rings. The predicted molar refractivity (Wildman–Crippen MR) is 88.7 cm³/mol. The molecule has 0 saturated carbocycles. The number of imide groups is 1. The van der Waals surface area contributed by atoms with Gasteiger partial charge in [0.05, 0.1) is 24.1 Å². The van der Waals surface area contributed by atoms with Crippen LogP contribution in [0.4, 0.5) is 5.69 Å². The lowest BCUT2D eigenvalue weighted by Gasteiger charge is -2.34. The van der Waals surface area contributed by atoms with Crippen LogP contribution >= 0.6 is 0 Å². The number of nitrogens with two attached hydrogens (primary N) is 1. The second-order valence-corrected chi connectivity index (χ2v) is 6.47. The van der Waals surface area contributed by atoms with E-state index in [0.717, 1.165) is 18.4 Å². The van der Waals surface area contributed by atoms with Crippen molar-refractivity contribution >= 4 is 23.4 Å². The number of hydrogen-bond acceptors (Lipinski definition) is 5. The number of carbonyl (C=O) groups excluding carboxylic acids is 3. The highest BCUT2D eigenvalue weighted by Crippen LogP contribution is 2.29. The van der Waals surface area contributed by atoms with E-state index in [-0.39, 0.29) is 30.1 Å². The smallest absolute Gasteiger partial charge is 0.251 e. The van der Waals surface area contributed by atoms with Gasteiger partial charge in [0.25, 0.3) is 5.91 Å². The van der Waals surface area contributed by atoms with Crippen LogP contribution in [0.5, 0.6) is 0 Å². The van der Waals surface area contributed by atoms with Crippen molar-refractivity contribution in [1.82, 2.24) is 10.3 Å². The number of benzene rings is 1. The molecule has 2 heterocycles. The van der Waals surface area contributed by atoms with Crippen molar-refractivity contribution in [3.8, 4) is 0 Å². The van der Waals surface area contributed by atoms with Gasteiger partial charge < -0.3 is 0 Å². The van der Waals surface area contributed by atoms with E-state index in [1.165, 1.54) is 4.90 Å². The van der Waals surface area contributed by atoms with Crippen molar-refractivity contribution in [1.29, 1.82) is 0 Å². The van der Waals surface area contributed by atoms with Gasteiger partial charge in [-0.1, -0.05) is 12.1 Å². The third-order valence-electron chi connectivity index (χ3n) is 4.79. The van der Waals surface area contributed by atoms with E-state index in [1.807, 2.05) is 30.0 Å². The maximum Gasteiger partial charge on any atom is 0.251 e. The standard InChI is InChI=1S/C17H22N4O3/c1-11-4-2-6-13(8-11)21-15(22)9-14(17(21)24)20-7-3-5-12(10-20)16(23)19-18/h2,4,6,8,12,14H,3,5,7,9-10,18H2,1H3,(H,19,23). The lowest BCUT2D eigenvalue weighted by Crippen LogP contribution is -2.50. The Morgan fingerprint density at radius 2 is 2.12 bits per heavy atom. The van der Waals surface area contributed by atoms with Crippen molar-refractivity contribution in [2.75, 3.05) is 18.0 Å². The first kappa shape index (κ1) is 16.6. The molecule has 2 unspecified atom stereocenters. The van der Waals surface area contributed by atoms with Crippen molar-refractivity contribution in [2.24, 2.45) is 11.8 Å². The summed E-state index contributed by atoms with van der Waals surface area (Å²) in [7, 11) is 0. The van der Waals surface area contributed by atoms with Crippen LogP contribution in [0.1, 0.15) is 24.8 Å². The van der Waals surface area contributed by atoms with Gasteiger partial charge in [0, 0.05) is 6.54 Å². The van der Waals surface area contributed by atoms with Gasteiger partial charge in [0.15, 0.2) is 0 Å². The number of anilines is 1. The fourth-order valence-electron chi connectivity index (χ4n) is 3.56. The zero-order chi connectivity index (χ0) is 17.3. The number of hydrazine groups is 1. The minimum atomic E-state index is -0.494. The quantitative estimate of drug-likeness (QED) is 0.360. The van der Waals surface area contributed by atoms with Gasteiger partial charge >= 0.3 is 0 Å². The summed E-state index contributed by atoms with van der Waals surface area (Å²) in [5.41, 5.74) is 3.79. The Morgan fingerprint density at radius 1 is 1.33 bits per heavy atom. The monoisotopic (exact) mass is 330 g/mol. The second-order valence-electron chi connectivity index (χ2n) is 6.47. The highest BCUT2D eigenvalue weighted by Gasteiger charge is 2.44. The van der Waals surface area contributed by atoms with Crippen molar-refractivity contribution in [2.45, 2.75) is 32.2 Å². The van der Waals surface area contributed by atoms with Crippen molar-refractivity contribution in [3.05, 3.63) is 29.8 Å². The molecule has 1 aromatic rings. The van der Waals surface area contributed by atoms with Crippen LogP contribution in [0.25, 0.3) is 0 Å². The topological polar surface area (TPSA) is 95.7 Å². The Kier molecular flexibility index (Phi) is 4.64. The number of nitrogens with one attached hydrogen (secondary N) is 1. The average Bonchev–Trinajstić information content (AvgIpc) is 2.88. The number of amides is 3. The van der Waals surface area contributed by atoms with Gasteiger partial charge in [-0.3, -0.25) is 24.7 Å². The summed E-state index contributed by atoms with van der Waals surface area (Å²) in [5, 5.41) is 0. The first-order valence-electron chi connectivity index (χ1n) is 8.19. The minimum absolute atomic E-state index is 0.156. The molecule has 7 heteroatoms. The van der Waals surface area contributed by atoms with Crippen molar-refractivity contribution < 1.29 is 14.4 Å². The molecule has 0 radical (unpaired) electrons. The van der Waals surface area contributed by atoms with E-state index in [1.54, 1.807) is 6.07 Å². The molecule has 0 bridgehead atoms. The molecule has 1 aromatic carbocycles. The van der Waals surface area contributed by atoms with Gasteiger partial charge in [-0.05, 0) is 44.0 Å². The molecule has 0 aromatic heterocycles. The van der Waals surface area contributed by atoms with E-state index in [4.69, 9.17) is 5.84 Å². The van der Waals surface area contributed by atoms with Crippen LogP contribution in [-0.2, 0) is 14.4 Å². The number of piperidine rings is 1. The van der Waals surface area contributed by atoms with E-state index < -0.39 is 6.04 Å². The largest absolute Gasteiger partial charge is 0.294 e. The molecule has 0 aliphatic carbocycles. The molecule has 3 rings (SSSR count). The third-order valence-corrected chi connectivity index (χ3v) is 4.79. The molecule has 2 atom stereocenters. The van der Waals surface area contributed by atoms with E-state index >= 15 is 0 Å². The Labute approximate surface area is 140 Å². The van der Waals surface area contributed by atoms with Gasteiger partial charge in [-0.15, -0.1) is 0 Å². The number of rotatable bonds is 3. The number of nitrogens with zero attached hydrogens (tertiary/aromatic N) is 2. The molecule has 0 spiro atoms. The van der Waals surface area contributed by atoms with Gasteiger partial charge in [-0.25, -0.2) is 10.7 Å². The highest BCUT2D eigenvalue weighted by atomic mass is 16.2. The predicted octanol–water partition coefficient (Wildman–Crippen LogP) is 0.329. The minimum Gasteiger partial charge on any atom is -0.294 e. The fourth-order valence-corrected chi connectivity index (χ4v) is 3.56. The molecule has 2 fully saturated rings. The first-order chi connectivity index (χ1) is 11.5. The molecule has 24 heavy (non-hydrogen) atoms. The zero-order valence-corrected chi connectivity index (χ0v) is 13.7. The molecule has 128 valence electrons. The van der Waals surface area contributed by atoms with E-state index in [0.29, 0.717) is 18.8 Å². The van der Waals surface area contributed by atoms with Crippen LogP contribution in [0.3, 0.4) is 0 Å². The maximum absolute atomic E-state index is 12.8. The average molecular weight is 330 g/mol. The molecule has 2 saturated heterocycles. The Bertz CT molecular complexity index is 676. The zero-order valence-electron chi connectivity index (χ0n) is 13.7. The molecule has 7 nitrogen and oxygen atoms in total. The van der Waals surface area contributed by atoms with Gasteiger partial charge in [0.1, 0.15) is 0 Å². The summed E-state index contributed by atoms with van der Waals surface area (Å²) < 4.78 is 0. The second kappa shape index (κ2) is 6.70. The fraction of sp³-hybridized carbons (Fsp3) is 0.471. The van der Waals surface area contributed by atoms with Crippen molar-refractivity contribution in [3.63, 3.8) is 0 Å². The number of carbonyl (C=O) groups is 3. The summed E-state index contributed by atoms with van der Waals surface area (Å²) in [6.07, 6.45) is 1.71. The Hall–Kier alpha value is -2.25. The summed E-state index contributed by atoms with van der Waals surface area (Å²) in [5.74, 6) is 4.36. The number of aryl methyl sites for hydroxylation is 1. The van der Waals surface area contributed by atoms with Crippen LogP contribution in [0.2, 0.25) is 0 Å². The van der Waals surface area contributed by atoms with Gasteiger partial charge in [0.2, 0.25) is 11.8 Å². The Morgan fingerprint density at radius 3 is 2.83 bits per heavy atom. The summed E-state index contributed by atoms with van der Waals surface area (Å²) >= 11 is 0. The SMILES string of the molecule is Cc1cccc(N2C(=O)CC(N3CCCC(C(=O)NN)C3)C2=O)c1. The normalized spacial score (nSPS) is 25.2. The lowest BCUT2D eigenvalue weighted by molar-refractivity contribution is -0.129. The first-order valence-corrected chi connectivity index (χ1v) is 8.19.